The Morgan fingerprint density at radius 3 is 2.36 bits per heavy atom. The minimum atomic E-state index is -1.28. The first-order valence-corrected chi connectivity index (χ1v) is 7.75. The third-order valence-corrected chi connectivity index (χ3v) is 4.46. The lowest BCUT2D eigenvalue weighted by Crippen LogP contribution is -2.59. The van der Waals surface area contributed by atoms with E-state index < -0.39 is 17.0 Å². The van der Waals surface area contributed by atoms with Crippen molar-refractivity contribution >= 4 is 11.8 Å². The van der Waals surface area contributed by atoms with Crippen LogP contribution < -0.4 is 11.1 Å². The Balaban J connectivity index is 2.07. The Hall–Kier alpha value is -1.88. The summed E-state index contributed by atoms with van der Waals surface area (Å²) in [5, 5.41) is 13.3. The summed E-state index contributed by atoms with van der Waals surface area (Å²) in [5.41, 5.74) is 3.94. The molecule has 120 valence electrons. The second-order valence-electron chi connectivity index (χ2n) is 6.37. The first-order valence-electron chi connectivity index (χ1n) is 7.75. The number of rotatable bonds is 5. The standard InChI is InChI=1S/C17H24N2O3/c1-16(22,13-8-4-2-5-9-13)12-14(20)19-17(15(18)21)10-6-3-7-11-17/h2,4-5,8-9,22H,3,6-7,10-12H2,1H3,(H2,18,21)(H,19,20). The van der Waals surface area contributed by atoms with Crippen LogP contribution in [0, 0.1) is 0 Å². The summed E-state index contributed by atoms with van der Waals surface area (Å²) < 4.78 is 0. The molecule has 0 aromatic heterocycles. The van der Waals surface area contributed by atoms with E-state index in [4.69, 9.17) is 5.73 Å². The number of carbonyl (C=O) groups excluding carboxylic acids is 2. The molecule has 5 heteroatoms. The van der Waals surface area contributed by atoms with Crippen LogP contribution in [0.25, 0.3) is 0 Å². The maximum atomic E-state index is 12.3. The van der Waals surface area contributed by atoms with Crippen molar-refractivity contribution < 1.29 is 14.7 Å². The summed E-state index contributed by atoms with van der Waals surface area (Å²) in [6, 6.07) is 9.03. The molecule has 0 bridgehead atoms. The quantitative estimate of drug-likeness (QED) is 0.771. The second-order valence-corrected chi connectivity index (χ2v) is 6.37. The van der Waals surface area contributed by atoms with E-state index in [-0.39, 0.29) is 12.3 Å². The molecule has 2 amide bonds. The van der Waals surface area contributed by atoms with Crippen LogP contribution in [-0.2, 0) is 15.2 Å². The molecule has 2 rings (SSSR count). The van der Waals surface area contributed by atoms with Crippen LogP contribution in [0.15, 0.2) is 30.3 Å². The van der Waals surface area contributed by atoms with Gasteiger partial charge in [-0.05, 0) is 25.3 Å². The van der Waals surface area contributed by atoms with Gasteiger partial charge < -0.3 is 16.2 Å². The Kier molecular flexibility index (Phi) is 4.86. The van der Waals surface area contributed by atoms with Crippen LogP contribution in [-0.4, -0.2) is 22.5 Å². The van der Waals surface area contributed by atoms with Gasteiger partial charge in [0.1, 0.15) is 5.54 Å². The van der Waals surface area contributed by atoms with Crippen LogP contribution in [0.5, 0.6) is 0 Å². The summed E-state index contributed by atoms with van der Waals surface area (Å²) in [4.78, 5) is 24.1. The lowest BCUT2D eigenvalue weighted by Gasteiger charge is -2.36. The first kappa shape index (κ1) is 16.5. The van der Waals surface area contributed by atoms with Gasteiger partial charge in [-0.3, -0.25) is 9.59 Å². The summed E-state index contributed by atoms with van der Waals surface area (Å²) in [6.45, 7) is 1.60. The Morgan fingerprint density at radius 2 is 1.82 bits per heavy atom. The zero-order chi connectivity index (χ0) is 16.2. The van der Waals surface area contributed by atoms with E-state index in [9.17, 15) is 14.7 Å². The van der Waals surface area contributed by atoms with Gasteiger partial charge in [0, 0.05) is 0 Å². The molecule has 1 aliphatic carbocycles. The fourth-order valence-corrected chi connectivity index (χ4v) is 3.11. The van der Waals surface area contributed by atoms with Gasteiger partial charge in [-0.1, -0.05) is 49.6 Å². The van der Waals surface area contributed by atoms with E-state index in [0.29, 0.717) is 18.4 Å². The predicted octanol–water partition coefficient (Wildman–Crippen LogP) is 1.59. The largest absolute Gasteiger partial charge is 0.385 e. The predicted molar refractivity (Wildman–Crippen MR) is 83.8 cm³/mol. The molecule has 1 aromatic carbocycles. The van der Waals surface area contributed by atoms with Gasteiger partial charge >= 0.3 is 0 Å². The number of benzene rings is 1. The molecular formula is C17H24N2O3. The molecule has 0 saturated heterocycles. The molecule has 0 aliphatic heterocycles. The molecule has 0 spiro atoms. The van der Waals surface area contributed by atoms with Crippen molar-refractivity contribution in [1.82, 2.24) is 5.32 Å². The maximum Gasteiger partial charge on any atom is 0.243 e. The maximum absolute atomic E-state index is 12.3. The van der Waals surface area contributed by atoms with Crippen LogP contribution in [0.3, 0.4) is 0 Å². The van der Waals surface area contributed by atoms with Crippen LogP contribution in [0.2, 0.25) is 0 Å². The molecule has 1 unspecified atom stereocenters. The molecule has 1 aromatic rings. The summed E-state index contributed by atoms with van der Waals surface area (Å²) in [6.07, 6.45) is 3.83. The average Bonchev–Trinajstić information content (AvgIpc) is 2.48. The second kappa shape index (κ2) is 6.48. The molecule has 1 saturated carbocycles. The zero-order valence-electron chi connectivity index (χ0n) is 13.0. The molecule has 5 nitrogen and oxygen atoms in total. The summed E-state index contributed by atoms with van der Waals surface area (Å²) in [5.74, 6) is -0.838. The lowest BCUT2D eigenvalue weighted by molar-refractivity contribution is -0.135. The van der Waals surface area contributed by atoms with E-state index in [1.165, 1.54) is 0 Å². The van der Waals surface area contributed by atoms with Crippen molar-refractivity contribution in [2.24, 2.45) is 5.73 Å². The van der Waals surface area contributed by atoms with Gasteiger partial charge in [0.05, 0.1) is 12.0 Å². The fourth-order valence-electron chi connectivity index (χ4n) is 3.11. The molecule has 1 aliphatic rings. The highest BCUT2D eigenvalue weighted by Crippen LogP contribution is 2.29. The average molecular weight is 304 g/mol. The number of carbonyl (C=O) groups is 2. The highest BCUT2D eigenvalue weighted by atomic mass is 16.3. The van der Waals surface area contributed by atoms with Crippen molar-refractivity contribution in [2.45, 2.75) is 56.6 Å². The van der Waals surface area contributed by atoms with Crippen molar-refractivity contribution in [1.29, 1.82) is 0 Å². The number of nitrogens with two attached hydrogens (primary N) is 1. The molecule has 22 heavy (non-hydrogen) atoms. The molecule has 0 heterocycles. The van der Waals surface area contributed by atoms with E-state index >= 15 is 0 Å². The number of aliphatic hydroxyl groups is 1. The molecule has 0 radical (unpaired) electrons. The van der Waals surface area contributed by atoms with Gasteiger partial charge in [-0.2, -0.15) is 0 Å². The van der Waals surface area contributed by atoms with Gasteiger partial charge in [0.15, 0.2) is 0 Å². The monoisotopic (exact) mass is 304 g/mol. The zero-order valence-corrected chi connectivity index (χ0v) is 13.0. The number of amides is 2. The van der Waals surface area contributed by atoms with Gasteiger partial charge in [-0.25, -0.2) is 0 Å². The highest BCUT2D eigenvalue weighted by molar-refractivity contribution is 5.90. The van der Waals surface area contributed by atoms with Crippen molar-refractivity contribution in [3.8, 4) is 0 Å². The van der Waals surface area contributed by atoms with Gasteiger partial charge in [-0.15, -0.1) is 0 Å². The molecule has 1 fully saturated rings. The molecule has 1 atom stereocenters. The van der Waals surface area contributed by atoms with Gasteiger partial charge in [0.25, 0.3) is 0 Å². The fraction of sp³-hybridized carbons (Fsp3) is 0.529. The first-order chi connectivity index (χ1) is 10.4. The third-order valence-electron chi connectivity index (χ3n) is 4.46. The topological polar surface area (TPSA) is 92.4 Å². The van der Waals surface area contributed by atoms with Crippen molar-refractivity contribution in [2.75, 3.05) is 0 Å². The van der Waals surface area contributed by atoms with E-state index in [1.54, 1.807) is 19.1 Å². The van der Waals surface area contributed by atoms with E-state index in [1.807, 2.05) is 18.2 Å². The number of nitrogens with one attached hydrogen (secondary N) is 1. The van der Waals surface area contributed by atoms with Crippen LogP contribution >= 0.6 is 0 Å². The highest BCUT2D eigenvalue weighted by Gasteiger charge is 2.40. The van der Waals surface area contributed by atoms with Crippen molar-refractivity contribution in [3.63, 3.8) is 0 Å². The third kappa shape index (κ3) is 3.65. The molecular weight excluding hydrogens is 280 g/mol. The smallest absolute Gasteiger partial charge is 0.243 e. The Labute approximate surface area is 130 Å². The lowest BCUT2D eigenvalue weighted by atomic mass is 9.80. The minimum Gasteiger partial charge on any atom is -0.385 e. The summed E-state index contributed by atoms with van der Waals surface area (Å²) >= 11 is 0. The minimum absolute atomic E-state index is 0.105. The van der Waals surface area contributed by atoms with Gasteiger partial charge in [0.2, 0.25) is 11.8 Å². The SMILES string of the molecule is CC(O)(CC(=O)NC1(C(N)=O)CCCCC1)c1ccccc1. The van der Waals surface area contributed by atoms with Crippen LogP contribution in [0.4, 0.5) is 0 Å². The number of hydrogen-bond acceptors (Lipinski definition) is 3. The number of hydrogen-bond donors (Lipinski definition) is 3. The normalized spacial score (nSPS) is 19.9. The van der Waals surface area contributed by atoms with Crippen molar-refractivity contribution in [3.05, 3.63) is 35.9 Å². The molecule has 4 N–H and O–H groups in total. The Morgan fingerprint density at radius 1 is 1.23 bits per heavy atom. The van der Waals surface area contributed by atoms with Crippen LogP contribution in [0.1, 0.15) is 51.0 Å². The van der Waals surface area contributed by atoms with E-state index in [2.05, 4.69) is 5.32 Å². The van der Waals surface area contributed by atoms with E-state index in [0.717, 1.165) is 19.3 Å². The number of primary amides is 1. The summed E-state index contributed by atoms with van der Waals surface area (Å²) in [7, 11) is 0. The Bertz CT molecular complexity index is 534.